The van der Waals surface area contributed by atoms with E-state index in [9.17, 15) is 0 Å². The van der Waals surface area contributed by atoms with Crippen molar-refractivity contribution in [3.63, 3.8) is 0 Å². The second-order valence-corrected chi connectivity index (χ2v) is 11.3. The van der Waals surface area contributed by atoms with E-state index in [4.69, 9.17) is 4.43 Å². The van der Waals surface area contributed by atoms with Crippen LogP contribution in [0.2, 0.25) is 13.1 Å². The summed E-state index contributed by atoms with van der Waals surface area (Å²) in [5, 5.41) is 0. The summed E-state index contributed by atoms with van der Waals surface area (Å²) in [6, 6.07) is 19.9. The van der Waals surface area contributed by atoms with Gasteiger partial charge in [0.25, 0.3) is 0 Å². The predicted octanol–water partition coefficient (Wildman–Crippen LogP) is 6.05. The summed E-state index contributed by atoms with van der Waals surface area (Å²) < 4.78 is 6.00. The first kappa shape index (κ1) is 18.0. The summed E-state index contributed by atoms with van der Waals surface area (Å²) in [6.45, 7) is 9.16. The molecule has 0 aliphatic rings. The Balaban J connectivity index is 2.32. The maximum Gasteiger partial charge on any atom is 0.193 e. The molecule has 0 radical (unpaired) electrons. The van der Waals surface area contributed by atoms with Crippen molar-refractivity contribution in [2.45, 2.75) is 51.2 Å². The zero-order chi connectivity index (χ0) is 16.9. The van der Waals surface area contributed by atoms with Crippen LogP contribution in [0.1, 0.15) is 47.9 Å². The van der Waals surface area contributed by atoms with Crippen molar-refractivity contribution >= 4 is 8.32 Å². The highest BCUT2D eigenvalue weighted by Gasteiger charge is 2.35. The summed E-state index contributed by atoms with van der Waals surface area (Å²) >= 11 is 0. The summed E-state index contributed by atoms with van der Waals surface area (Å²) in [6.07, 6.45) is 2.33. The van der Waals surface area contributed by atoms with E-state index in [1.54, 1.807) is 0 Å². The number of hydrogen-bond donors (Lipinski definition) is 0. The third-order valence-corrected chi connectivity index (χ3v) is 8.39. The first-order valence-corrected chi connectivity index (χ1v) is 11.6. The van der Waals surface area contributed by atoms with Crippen LogP contribution in [0.5, 0.6) is 0 Å². The molecule has 2 atom stereocenters. The summed E-state index contributed by atoms with van der Waals surface area (Å²) in [4.78, 5) is 0. The maximum absolute atomic E-state index is 6.00. The average molecular weight is 327 g/mol. The lowest BCUT2D eigenvalue weighted by Gasteiger charge is -2.34. The molecule has 1 nitrogen and oxygen atoms in total. The molecule has 0 aromatic heterocycles. The molecule has 0 aliphatic carbocycles. The molecule has 0 heterocycles. The van der Waals surface area contributed by atoms with Crippen molar-refractivity contribution in [3.8, 4) is 0 Å². The van der Waals surface area contributed by atoms with Gasteiger partial charge >= 0.3 is 0 Å². The molecule has 2 aromatic rings. The lowest BCUT2D eigenvalue weighted by atomic mass is 9.89. The number of benzene rings is 2. The fourth-order valence-electron chi connectivity index (χ4n) is 3.40. The Labute approximate surface area is 142 Å². The van der Waals surface area contributed by atoms with Crippen molar-refractivity contribution in [2.24, 2.45) is 0 Å². The van der Waals surface area contributed by atoms with E-state index in [1.807, 2.05) is 7.11 Å². The van der Waals surface area contributed by atoms with Gasteiger partial charge in [-0.2, -0.15) is 0 Å². The topological polar surface area (TPSA) is 9.23 Å². The van der Waals surface area contributed by atoms with Crippen LogP contribution in [-0.4, -0.2) is 15.4 Å². The van der Waals surface area contributed by atoms with Crippen LogP contribution in [0, 0.1) is 6.92 Å². The molecule has 0 saturated carbocycles. The monoisotopic (exact) mass is 326 g/mol. The quantitative estimate of drug-likeness (QED) is 0.562. The minimum atomic E-state index is -1.77. The largest absolute Gasteiger partial charge is 0.420 e. The van der Waals surface area contributed by atoms with Crippen LogP contribution in [-0.2, 0) is 4.43 Å². The van der Waals surface area contributed by atoms with Gasteiger partial charge in [0.2, 0.25) is 0 Å². The van der Waals surface area contributed by atoms with Gasteiger partial charge in [-0.1, -0.05) is 67.1 Å². The smallest absolute Gasteiger partial charge is 0.193 e. The van der Waals surface area contributed by atoms with E-state index >= 15 is 0 Å². The van der Waals surface area contributed by atoms with Gasteiger partial charge in [0.15, 0.2) is 8.32 Å². The second kappa shape index (κ2) is 7.94. The van der Waals surface area contributed by atoms with Crippen molar-refractivity contribution in [1.82, 2.24) is 0 Å². The fraction of sp³-hybridized carbons (Fsp3) is 0.429. The fourth-order valence-corrected chi connectivity index (χ4v) is 5.53. The van der Waals surface area contributed by atoms with Gasteiger partial charge in [-0.25, -0.2) is 0 Å². The molecule has 0 N–H and O–H groups in total. The predicted molar refractivity (Wildman–Crippen MR) is 103 cm³/mol. The molecule has 0 fully saturated rings. The maximum atomic E-state index is 6.00. The number of aryl methyl sites for hydroxylation is 1. The standard InChI is InChI=1S/C21H30OSi/c1-6-18(20-14-10-11-17(2)15-20)16-21(23(4,5)22-3)19-12-8-7-9-13-19/h7-15,18,21H,6,16H2,1-5H3. The highest BCUT2D eigenvalue weighted by Crippen LogP contribution is 2.38. The number of hydrogen-bond acceptors (Lipinski definition) is 1. The molecular formula is C21H30OSi. The van der Waals surface area contributed by atoms with Gasteiger partial charge in [-0.15, -0.1) is 0 Å². The second-order valence-electron chi connectivity index (χ2n) is 7.03. The first-order chi connectivity index (χ1) is 11.0. The Hall–Kier alpha value is -1.38. The average Bonchev–Trinajstić information content (AvgIpc) is 2.56. The minimum absolute atomic E-state index is 0.513. The molecule has 124 valence electrons. The van der Waals surface area contributed by atoms with Gasteiger partial charge in [-0.05, 0) is 49.9 Å². The molecule has 2 rings (SSSR count). The van der Waals surface area contributed by atoms with Crippen LogP contribution in [0.15, 0.2) is 54.6 Å². The molecule has 0 saturated heterocycles. The minimum Gasteiger partial charge on any atom is -0.420 e. The SMILES string of the molecule is CCC(CC(c1ccccc1)[Si](C)(C)OC)c1cccc(C)c1. The van der Waals surface area contributed by atoms with Crippen LogP contribution in [0.3, 0.4) is 0 Å². The van der Waals surface area contributed by atoms with Gasteiger partial charge in [0.1, 0.15) is 0 Å². The Bertz CT molecular complexity index is 606. The number of rotatable bonds is 7. The Morgan fingerprint density at radius 3 is 2.17 bits per heavy atom. The molecule has 2 unspecified atom stereocenters. The molecule has 2 aromatic carbocycles. The molecule has 0 spiro atoms. The van der Waals surface area contributed by atoms with Gasteiger partial charge in [0.05, 0.1) is 0 Å². The van der Waals surface area contributed by atoms with E-state index in [0.29, 0.717) is 11.5 Å². The summed E-state index contributed by atoms with van der Waals surface area (Å²) in [5.41, 5.74) is 4.76. The zero-order valence-corrected chi connectivity index (χ0v) is 16.2. The summed E-state index contributed by atoms with van der Waals surface area (Å²) in [7, 11) is 0.112. The van der Waals surface area contributed by atoms with Crippen LogP contribution in [0.4, 0.5) is 0 Å². The van der Waals surface area contributed by atoms with E-state index in [2.05, 4.69) is 81.5 Å². The zero-order valence-electron chi connectivity index (χ0n) is 15.2. The first-order valence-electron chi connectivity index (χ1n) is 8.64. The molecular weight excluding hydrogens is 296 g/mol. The van der Waals surface area contributed by atoms with Gasteiger partial charge < -0.3 is 4.43 Å². The van der Waals surface area contributed by atoms with Gasteiger partial charge in [0, 0.05) is 12.7 Å². The normalized spacial score (nSPS) is 14.5. The molecule has 2 heteroatoms. The van der Waals surface area contributed by atoms with E-state index in [0.717, 1.165) is 6.42 Å². The van der Waals surface area contributed by atoms with Crippen LogP contribution in [0.25, 0.3) is 0 Å². The molecule has 0 aliphatic heterocycles. The van der Waals surface area contributed by atoms with E-state index < -0.39 is 8.32 Å². The highest BCUT2D eigenvalue weighted by molar-refractivity contribution is 6.72. The van der Waals surface area contributed by atoms with Crippen molar-refractivity contribution in [2.75, 3.05) is 7.11 Å². The van der Waals surface area contributed by atoms with E-state index in [1.165, 1.54) is 23.1 Å². The van der Waals surface area contributed by atoms with Crippen LogP contribution < -0.4 is 0 Å². The lowest BCUT2D eigenvalue weighted by Crippen LogP contribution is -2.38. The third kappa shape index (κ3) is 4.55. The van der Waals surface area contributed by atoms with Crippen LogP contribution >= 0.6 is 0 Å². The van der Waals surface area contributed by atoms with Crippen molar-refractivity contribution in [3.05, 3.63) is 71.3 Å². The summed E-state index contributed by atoms with van der Waals surface area (Å²) in [5.74, 6) is 0.585. The Morgan fingerprint density at radius 2 is 1.61 bits per heavy atom. The van der Waals surface area contributed by atoms with E-state index in [-0.39, 0.29) is 0 Å². The molecule has 23 heavy (non-hydrogen) atoms. The van der Waals surface area contributed by atoms with Crippen molar-refractivity contribution in [1.29, 1.82) is 0 Å². The van der Waals surface area contributed by atoms with Crippen molar-refractivity contribution < 1.29 is 4.43 Å². The van der Waals surface area contributed by atoms with Gasteiger partial charge in [-0.3, -0.25) is 0 Å². The highest BCUT2D eigenvalue weighted by atomic mass is 28.4. The lowest BCUT2D eigenvalue weighted by molar-refractivity contribution is 0.383. The third-order valence-electron chi connectivity index (χ3n) is 5.09. The molecule has 0 bridgehead atoms. The Kier molecular flexibility index (Phi) is 6.20. The molecule has 0 amide bonds. The Morgan fingerprint density at radius 1 is 0.957 bits per heavy atom.